The van der Waals surface area contributed by atoms with E-state index in [1.165, 1.54) is 16.0 Å². The second-order valence-corrected chi connectivity index (χ2v) is 6.22. The predicted octanol–water partition coefficient (Wildman–Crippen LogP) is 4.74. The van der Waals surface area contributed by atoms with Crippen LogP contribution in [-0.4, -0.2) is 5.91 Å². The Morgan fingerprint density at radius 2 is 1.85 bits per heavy atom. The number of carbonyl (C=O) groups excluding carboxylic acids is 1. The van der Waals surface area contributed by atoms with Gasteiger partial charge in [0.15, 0.2) is 0 Å². The third-order valence-corrected chi connectivity index (χ3v) is 4.70. The summed E-state index contributed by atoms with van der Waals surface area (Å²) in [4.78, 5) is 14.4. The summed E-state index contributed by atoms with van der Waals surface area (Å²) in [5.74, 6) is 0.00167. The monoisotopic (exact) mass is 287 g/mol. The maximum absolute atomic E-state index is 12.4. The Morgan fingerprint density at radius 3 is 2.45 bits per heavy atom. The Morgan fingerprint density at radius 1 is 1.15 bits per heavy atom. The molecule has 2 aromatic rings. The Kier molecular flexibility index (Phi) is 4.61. The number of thiophene rings is 1. The van der Waals surface area contributed by atoms with E-state index in [-0.39, 0.29) is 5.91 Å². The van der Waals surface area contributed by atoms with Gasteiger partial charge in [-0.25, -0.2) is 0 Å². The van der Waals surface area contributed by atoms with E-state index in [1.807, 2.05) is 25.1 Å². The first kappa shape index (κ1) is 14.8. The summed E-state index contributed by atoms with van der Waals surface area (Å²) < 4.78 is 0. The first-order chi connectivity index (χ1) is 9.56. The van der Waals surface area contributed by atoms with Gasteiger partial charge in [0.1, 0.15) is 0 Å². The van der Waals surface area contributed by atoms with E-state index in [0.29, 0.717) is 0 Å². The van der Waals surface area contributed by atoms with Crippen molar-refractivity contribution in [1.82, 2.24) is 0 Å². The van der Waals surface area contributed by atoms with E-state index in [1.54, 1.807) is 11.3 Å². The van der Waals surface area contributed by atoms with E-state index in [2.05, 4.69) is 32.2 Å². The number of benzene rings is 1. The molecule has 106 valence electrons. The van der Waals surface area contributed by atoms with Crippen LogP contribution in [-0.2, 0) is 12.8 Å². The molecular formula is C17H21NOS. The van der Waals surface area contributed by atoms with Gasteiger partial charge in [-0.1, -0.05) is 32.0 Å². The fraction of sp³-hybridized carbons (Fsp3) is 0.353. The summed E-state index contributed by atoms with van der Waals surface area (Å²) in [6.45, 7) is 8.33. The Labute approximate surface area is 124 Å². The maximum Gasteiger partial charge on any atom is 0.265 e. The second kappa shape index (κ2) is 6.23. The number of para-hydroxylation sites is 1. The number of carbonyl (C=O) groups is 1. The lowest BCUT2D eigenvalue weighted by Gasteiger charge is -2.12. The molecule has 3 heteroatoms. The molecule has 1 heterocycles. The molecule has 1 amide bonds. The SMILES string of the molecule is CCc1cc(C(=O)Nc2c(C)cccc2CC)sc1C. The van der Waals surface area contributed by atoms with Crippen LogP contribution in [0.3, 0.4) is 0 Å². The molecule has 0 aliphatic heterocycles. The van der Waals surface area contributed by atoms with Crippen molar-refractivity contribution in [2.24, 2.45) is 0 Å². The quantitative estimate of drug-likeness (QED) is 0.864. The summed E-state index contributed by atoms with van der Waals surface area (Å²) in [5, 5.41) is 3.08. The lowest BCUT2D eigenvalue weighted by atomic mass is 10.1. The smallest absolute Gasteiger partial charge is 0.265 e. The van der Waals surface area contributed by atoms with Gasteiger partial charge in [0.05, 0.1) is 4.88 Å². The molecule has 2 nitrogen and oxygen atoms in total. The lowest BCUT2D eigenvalue weighted by molar-refractivity contribution is 0.103. The molecule has 20 heavy (non-hydrogen) atoms. The largest absolute Gasteiger partial charge is 0.321 e. The van der Waals surface area contributed by atoms with Crippen molar-refractivity contribution >= 4 is 22.9 Å². The minimum atomic E-state index is 0.00167. The highest BCUT2D eigenvalue weighted by atomic mass is 32.1. The normalized spacial score (nSPS) is 10.6. The van der Waals surface area contributed by atoms with Crippen LogP contribution in [0.15, 0.2) is 24.3 Å². The number of aryl methyl sites for hydroxylation is 4. The zero-order valence-corrected chi connectivity index (χ0v) is 13.4. The van der Waals surface area contributed by atoms with Crippen molar-refractivity contribution in [3.05, 3.63) is 50.7 Å². The maximum atomic E-state index is 12.4. The van der Waals surface area contributed by atoms with Gasteiger partial charge in [-0.15, -0.1) is 11.3 Å². The van der Waals surface area contributed by atoms with E-state index >= 15 is 0 Å². The molecule has 0 saturated carbocycles. The number of hydrogen-bond donors (Lipinski definition) is 1. The molecular weight excluding hydrogens is 266 g/mol. The van der Waals surface area contributed by atoms with Gasteiger partial charge < -0.3 is 5.32 Å². The van der Waals surface area contributed by atoms with E-state index in [4.69, 9.17) is 0 Å². The molecule has 1 N–H and O–H groups in total. The average molecular weight is 287 g/mol. The van der Waals surface area contributed by atoms with Crippen molar-refractivity contribution in [2.75, 3.05) is 5.32 Å². The van der Waals surface area contributed by atoms with Crippen molar-refractivity contribution in [3.63, 3.8) is 0 Å². The van der Waals surface area contributed by atoms with Crippen molar-refractivity contribution in [1.29, 1.82) is 0 Å². The van der Waals surface area contributed by atoms with Crippen molar-refractivity contribution in [3.8, 4) is 0 Å². The molecule has 0 aliphatic rings. The second-order valence-electron chi connectivity index (χ2n) is 4.96. The fourth-order valence-corrected chi connectivity index (χ4v) is 3.37. The number of amides is 1. The minimum Gasteiger partial charge on any atom is -0.321 e. The van der Waals surface area contributed by atoms with Crippen LogP contribution < -0.4 is 5.32 Å². The third-order valence-electron chi connectivity index (χ3n) is 3.60. The first-order valence-electron chi connectivity index (χ1n) is 7.06. The van der Waals surface area contributed by atoms with Crippen LogP contribution in [0, 0.1) is 13.8 Å². The van der Waals surface area contributed by atoms with Gasteiger partial charge in [-0.2, -0.15) is 0 Å². The lowest BCUT2D eigenvalue weighted by Crippen LogP contribution is -2.13. The van der Waals surface area contributed by atoms with E-state index in [0.717, 1.165) is 29.0 Å². The number of hydrogen-bond acceptors (Lipinski definition) is 2. The van der Waals surface area contributed by atoms with Gasteiger partial charge in [0.2, 0.25) is 0 Å². The highest BCUT2D eigenvalue weighted by Crippen LogP contribution is 2.25. The first-order valence-corrected chi connectivity index (χ1v) is 7.87. The summed E-state index contributed by atoms with van der Waals surface area (Å²) in [6, 6.07) is 8.15. The van der Waals surface area contributed by atoms with Crippen molar-refractivity contribution < 1.29 is 4.79 Å². The third kappa shape index (κ3) is 2.93. The standard InChI is InChI=1S/C17H21NOS/c1-5-13-9-7-8-11(3)16(13)18-17(19)15-10-14(6-2)12(4)20-15/h7-10H,5-6H2,1-4H3,(H,18,19). The van der Waals surface area contributed by atoms with Crippen LogP contribution >= 0.6 is 11.3 Å². The summed E-state index contributed by atoms with van der Waals surface area (Å²) in [5.41, 5.74) is 4.52. The number of rotatable bonds is 4. The van der Waals surface area contributed by atoms with Gasteiger partial charge in [0, 0.05) is 10.6 Å². The zero-order valence-electron chi connectivity index (χ0n) is 12.5. The molecule has 2 rings (SSSR count). The molecule has 0 aliphatic carbocycles. The van der Waals surface area contributed by atoms with Gasteiger partial charge in [0.25, 0.3) is 5.91 Å². The molecule has 0 atom stereocenters. The summed E-state index contributed by atoms with van der Waals surface area (Å²) in [6.07, 6.45) is 1.89. The molecule has 0 unspecified atom stereocenters. The molecule has 0 saturated heterocycles. The van der Waals surface area contributed by atoms with Crippen LogP contribution in [0.4, 0.5) is 5.69 Å². The average Bonchev–Trinajstić information content (AvgIpc) is 2.82. The Bertz CT molecular complexity index is 628. The molecule has 0 bridgehead atoms. The van der Waals surface area contributed by atoms with Crippen LogP contribution in [0.25, 0.3) is 0 Å². The highest BCUT2D eigenvalue weighted by Gasteiger charge is 2.14. The molecule has 0 fully saturated rings. The predicted molar refractivity (Wildman–Crippen MR) is 86.9 cm³/mol. The molecule has 0 radical (unpaired) electrons. The zero-order chi connectivity index (χ0) is 14.7. The summed E-state index contributed by atoms with van der Waals surface area (Å²) >= 11 is 1.57. The molecule has 1 aromatic carbocycles. The molecule has 0 spiro atoms. The van der Waals surface area contributed by atoms with Crippen LogP contribution in [0.1, 0.15) is 45.1 Å². The minimum absolute atomic E-state index is 0.00167. The topological polar surface area (TPSA) is 29.1 Å². The van der Waals surface area contributed by atoms with Gasteiger partial charge in [-0.05, 0) is 49.4 Å². The number of nitrogens with one attached hydrogen (secondary N) is 1. The van der Waals surface area contributed by atoms with E-state index < -0.39 is 0 Å². The van der Waals surface area contributed by atoms with Crippen LogP contribution in [0.5, 0.6) is 0 Å². The van der Waals surface area contributed by atoms with Crippen molar-refractivity contribution in [2.45, 2.75) is 40.5 Å². The van der Waals surface area contributed by atoms with E-state index in [9.17, 15) is 4.79 Å². The molecule has 1 aromatic heterocycles. The van der Waals surface area contributed by atoms with Crippen LogP contribution in [0.2, 0.25) is 0 Å². The highest BCUT2D eigenvalue weighted by molar-refractivity contribution is 7.14. The van der Waals surface area contributed by atoms with Gasteiger partial charge in [-0.3, -0.25) is 4.79 Å². The summed E-state index contributed by atoms with van der Waals surface area (Å²) in [7, 11) is 0. The number of anilines is 1. The van der Waals surface area contributed by atoms with Gasteiger partial charge >= 0.3 is 0 Å². The fourth-order valence-electron chi connectivity index (χ4n) is 2.36. The Balaban J connectivity index is 2.27. The Hall–Kier alpha value is -1.61.